The Morgan fingerprint density at radius 2 is 0.967 bits per heavy atom. The van der Waals surface area contributed by atoms with Crippen LogP contribution in [0.3, 0.4) is 0 Å². The van der Waals surface area contributed by atoms with Gasteiger partial charge in [-0.3, -0.25) is 9.59 Å². The zero-order chi connectivity index (χ0) is 20.8. The molecule has 2 amide bonds. The molecule has 6 nitrogen and oxygen atoms in total. The lowest BCUT2D eigenvalue weighted by atomic mass is 10.1. The molecule has 2 heterocycles. The van der Waals surface area contributed by atoms with Crippen molar-refractivity contribution in [3.05, 3.63) is 96.1 Å². The van der Waals surface area contributed by atoms with Gasteiger partial charge in [-0.2, -0.15) is 0 Å². The van der Waals surface area contributed by atoms with Crippen LogP contribution in [-0.2, 0) is 0 Å². The molecule has 6 heteroatoms. The number of carbonyl (C=O) groups excluding carboxylic acids is 2. The number of rotatable bonds is 0. The van der Waals surface area contributed by atoms with Crippen molar-refractivity contribution in [2.45, 2.75) is 0 Å². The lowest BCUT2D eigenvalue weighted by molar-refractivity contribution is 0.101. The molecule has 5 rings (SSSR count). The molecule has 3 aromatic rings. The highest BCUT2D eigenvalue weighted by molar-refractivity contribution is 6.07. The fraction of sp³-hybridized carbons (Fsp3) is 0.0833. The summed E-state index contributed by atoms with van der Waals surface area (Å²) in [7, 11) is 0. The monoisotopic (exact) mass is 400 g/mol. The van der Waals surface area contributed by atoms with Crippen molar-refractivity contribution < 1.29 is 19.1 Å². The Balaban J connectivity index is 1.65. The van der Waals surface area contributed by atoms with Gasteiger partial charge in [-0.25, -0.2) is 0 Å². The maximum absolute atomic E-state index is 12.7. The predicted octanol–water partition coefficient (Wildman–Crippen LogP) is 4.52. The van der Waals surface area contributed by atoms with Crippen molar-refractivity contribution in [1.29, 1.82) is 0 Å². The average Bonchev–Trinajstić information content (AvgIpc) is 2.77. The fourth-order valence-corrected chi connectivity index (χ4v) is 3.01. The van der Waals surface area contributed by atoms with Crippen LogP contribution in [0.5, 0.6) is 11.5 Å². The number of benzene rings is 3. The molecule has 0 radical (unpaired) electrons. The summed E-state index contributed by atoms with van der Waals surface area (Å²) in [4.78, 5) is 25.4. The van der Waals surface area contributed by atoms with Gasteiger partial charge in [0.15, 0.2) is 0 Å². The molecule has 150 valence electrons. The minimum atomic E-state index is -0.273. The summed E-state index contributed by atoms with van der Waals surface area (Å²) in [5, 5.41) is 5.70. The zero-order valence-electron chi connectivity index (χ0n) is 16.1. The van der Waals surface area contributed by atoms with Crippen molar-refractivity contribution in [2.24, 2.45) is 0 Å². The third-order valence-corrected chi connectivity index (χ3v) is 4.50. The van der Waals surface area contributed by atoms with Crippen LogP contribution in [0.2, 0.25) is 0 Å². The van der Waals surface area contributed by atoms with Crippen molar-refractivity contribution >= 4 is 23.2 Å². The van der Waals surface area contributed by atoms with Crippen LogP contribution in [0, 0.1) is 0 Å². The highest BCUT2D eigenvalue weighted by Crippen LogP contribution is 2.23. The van der Waals surface area contributed by atoms with E-state index in [1.165, 1.54) is 0 Å². The molecule has 0 saturated heterocycles. The number of amides is 2. The number of anilines is 2. The highest BCUT2D eigenvalue weighted by Gasteiger charge is 2.14. The first-order chi connectivity index (χ1) is 14.7. The molecule has 0 aliphatic carbocycles. The largest absolute Gasteiger partial charge is 0.489 e. The van der Waals surface area contributed by atoms with Gasteiger partial charge >= 0.3 is 0 Å². The number of para-hydroxylation sites is 2. The van der Waals surface area contributed by atoms with E-state index in [4.69, 9.17) is 9.47 Å². The summed E-state index contributed by atoms with van der Waals surface area (Å²) < 4.78 is 11.5. The molecule has 0 saturated carbocycles. The molecule has 3 aromatic carbocycles. The summed E-state index contributed by atoms with van der Waals surface area (Å²) in [6.07, 6.45) is 3.61. The van der Waals surface area contributed by atoms with Crippen molar-refractivity contribution in [3.8, 4) is 11.5 Å². The van der Waals surface area contributed by atoms with Gasteiger partial charge in [0.1, 0.15) is 24.7 Å². The molecule has 0 fully saturated rings. The Hall–Kier alpha value is -4.06. The van der Waals surface area contributed by atoms with E-state index in [9.17, 15) is 9.59 Å². The smallest absolute Gasteiger partial charge is 0.259 e. The molecule has 0 atom stereocenters. The SMILES string of the molecule is O=C1Nc2ccc(cc2)NC(=O)c2ccccc2OC/C=C\COc2ccccc21. The van der Waals surface area contributed by atoms with Gasteiger partial charge in [0.25, 0.3) is 11.8 Å². The van der Waals surface area contributed by atoms with Gasteiger partial charge in [-0.1, -0.05) is 24.3 Å². The van der Waals surface area contributed by atoms with E-state index in [-0.39, 0.29) is 25.0 Å². The zero-order valence-corrected chi connectivity index (χ0v) is 16.1. The minimum Gasteiger partial charge on any atom is -0.489 e. The molecular formula is C24H20N2O4. The van der Waals surface area contributed by atoms with E-state index in [1.54, 1.807) is 72.8 Å². The van der Waals surface area contributed by atoms with Gasteiger partial charge in [-0.15, -0.1) is 0 Å². The molecule has 2 N–H and O–H groups in total. The van der Waals surface area contributed by atoms with Gasteiger partial charge in [0, 0.05) is 11.4 Å². The summed E-state index contributed by atoms with van der Waals surface area (Å²) in [5.74, 6) is 0.446. The Labute approximate surface area is 174 Å². The topological polar surface area (TPSA) is 76.7 Å². The predicted molar refractivity (Wildman–Crippen MR) is 115 cm³/mol. The fourth-order valence-electron chi connectivity index (χ4n) is 3.01. The Morgan fingerprint density at radius 3 is 1.40 bits per heavy atom. The van der Waals surface area contributed by atoms with Gasteiger partial charge < -0.3 is 20.1 Å². The Kier molecular flexibility index (Phi) is 5.75. The van der Waals surface area contributed by atoms with Gasteiger partial charge in [0.05, 0.1) is 11.1 Å². The molecule has 0 aromatic heterocycles. The quantitative estimate of drug-likeness (QED) is 0.544. The van der Waals surface area contributed by atoms with Crippen LogP contribution in [0.4, 0.5) is 11.4 Å². The maximum atomic E-state index is 12.7. The number of fused-ring (bicyclic) bond motifs is 8. The lowest BCUT2D eigenvalue weighted by Gasteiger charge is -2.13. The normalized spacial score (nSPS) is 15.2. The van der Waals surface area contributed by atoms with E-state index < -0.39 is 0 Å². The average molecular weight is 400 g/mol. The number of carbonyl (C=O) groups is 2. The molecular weight excluding hydrogens is 380 g/mol. The molecule has 0 spiro atoms. The lowest BCUT2D eigenvalue weighted by Crippen LogP contribution is -2.15. The number of ether oxygens (including phenoxy) is 2. The van der Waals surface area contributed by atoms with Crippen molar-refractivity contribution in [1.82, 2.24) is 0 Å². The molecule has 30 heavy (non-hydrogen) atoms. The van der Waals surface area contributed by atoms with Gasteiger partial charge in [0.2, 0.25) is 0 Å². The summed E-state index contributed by atoms with van der Waals surface area (Å²) in [6, 6.07) is 21.0. The second kappa shape index (κ2) is 8.96. The first kappa shape index (κ1) is 19.3. The highest BCUT2D eigenvalue weighted by atomic mass is 16.5. The second-order valence-electron chi connectivity index (χ2n) is 6.57. The number of hydrogen-bond donors (Lipinski definition) is 2. The van der Waals surface area contributed by atoms with Crippen LogP contribution < -0.4 is 20.1 Å². The minimum absolute atomic E-state index is 0.273. The van der Waals surface area contributed by atoms with E-state index in [0.717, 1.165) is 0 Å². The van der Waals surface area contributed by atoms with Crippen LogP contribution in [0.25, 0.3) is 0 Å². The first-order valence-corrected chi connectivity index (χ1v) is 9.52. The molecule has 2 bridgehead atoms. The molecule has 2 aliphatic heterocycles. The third kappa shape index (κ3) is 4.50. The van der Waals surface area contributed by atoms with Crippen LogP contribution in [0.1, 0.15) is 20.7 Å². The molecule has 2 aliphatic rings. The second-order valence-corrected chi connectivity index (χ2v) is 6.57. The standard InChI is InChI=1S/C24H20N2O4/c27-23-19-7-1-3-9-21(19)29-15-5-6-16-30-22-10-4-2-8-20(22)24(28)26-18-13-11-17(25-23)12-14-18/h1-14H,15-16H2,(H,25,27)(H,26,28)/b6-5-. The summed E-state index contributed by atoms with van der Waals surface area (Å²) in [6.45, 7) is 0.564. The van der Waals surface area contributed by atoms with E-state index >= 15 is 0 Å². The van der Waals surface area contributed by atoms with E-state index in [2.05, 4.69) is 10.6 Å². The number of hydrogen-bond acceptors (Lipinski definition) is 4. The maximum Gasteiger partial charge on any atom is 0.259 e. The third-order valence-electron chi connectivity index (χ3n) is 4.50. The van der Waals surface area contributed by atoms with Gasteiger partial charge in [-0.05, 0) is 60.7 Å². The summed E-state index contributed by atoms with van der Waals surface area (Å²) in [5.41, 5.74) is 2.10. The van der Waals surface area contributed by atoms with E-state index in [1.807, 2.05) is 12.1 Å². The Bertz CT molecular complexity index is 1000. The number of nitrogens with one attached hydrogen (secondary N) is 2. The van der Waals surface area contributed by atoms with Crippen molar-refractivity contribution in [3.63, 3.8) is 0 Å². The van der Waals surface area contributed by atoms with E-state index in [0.29, 0.717) is 34.0 Å². The van der Waals surface area contributed by atoms with Crippen LogP contribution in [0.15, 0.2) is 84.9 Å². The first-order valence-electron chi connectivity index (χ1n) is 9.52. The Morgan fingerprint density at radius 1 is 0.567 bits per heavy atom. The van der Waals surface area contributed by atoms with Crippen LogP contribution in [-0.4, -0.2) is 25.0 Å². The molecule has 0 unspecified atom stereocenters. The van der Waals surface area contributed by atoms with Crippen LogP contribution >= 0.6 is 0 Å². The summed E-state index contributed by atoms with van der Waals surface area (Å²) >= 11 is 0. The van der Waals surface area contributed by atoms with Crippen molar-refractivity contribution in [2.75, 3.05) is 23.8 Å².